The molecule has 11 bridgehead atoms. The molecule has 6 aromatic carbocycles. The molecule has 680 valence electrons. The maximum absolute atomic E-state index is 16.4. The molecular formula is C84H93Cl2F2N11O28. The van der Waals surface area contributed by atoms with Crippen molar-refractivity contribution in [3.05, 3.63) is 170 Å². The van der Waals surface area contributed by atoms with Crippen molar-refractivity contribution >= 4 is 70.5 Å². The van der Waals surface area contributed by atoms with E-state index in [4.69, 9.17) is 72.6 Å². The number of aliphatic carboxylic acids is 1. The highest BCUT2D eigenvalue weighted by Crippen LogP contribution is 2.50. The highest BCUT2D eigenvalue weighted by atomic mass is 35.5. The Bertz CT molecular complexity index is 5340. The monoisotopic (exact) mass is 1810 g/mol. The molecule has 0 radical (unpaired) electrons. The van der Waals surface area contributed by atoms with Crippen molar-refractivity contribution in [2.24, 2.45) is 17.4 Å². The van der Waals surface area contributed by atoms with E-state index in [2.05, 4.69) is 47.5 Å². The number of aromatic hydroxyl groups is 3. The van der Waals surface area contributed by atoms with Crippen molar-refractivity contribution in [3.8, 4) is 68.4 Å². The second-order valence-corrected chi connectivity index (χ2v) is 33.0. The second kappa shape index (κ2) is 38.8. The van der Waals surface area contributed by atoms with Gasteiger partial charge in [0.25, 0.3) is 0 Å². The molecule has 1 unspecified atom stereocenters. The lowest BCUT2D eigenvalue weighted by atomic mass is 9.86. The highest BCUT2D eigenvalue weighted by molar-refractivity contribution is 6.32. The molecule has 3 saturated heterocycles. The number of aliphatic hydroxyl groups is 8. The molecule has 0 spiro atoms. The van der Waals surface area contributed by atoms with Crippen LogP contribution in [-0.2, 0) is 68.6 Å². The number of phenols is 3. The second-order valence-electron chi connectivity index (χ2n) is 32.2. The van der Waals surface area contributed by atoms with Gasteiger partial charge in [0, 0.05) is 59.6 Å². The summed E-state index contributed by atoms with van der Waals surface area (Å²) < 4.78 is 78.8. The molecule has 15 rings (SSSR count). The van der Waals surface area contributed by atoms with E-state index in [-0.39, 0.29) is 48.5 Å². The Morgan fingerprint density at radius 1 is 0.669 bits per heavy atom. The van der Waals surface area contributed by atoms with E-state index in [0.717, 1.165) is 78.9 Å². The van der Waals surface area contributed by atoms with Gasteiger partial charge in [-0.1, -0.05) is 61.3 Å². The number of carboxylic acid groups (broad SMARTS) is 1. The maximum atomic E-state index is 16.4. The summed E-state index contributed by atoms with van der Waals surface area (Å²) in [5.74, 6) is -19.1. The van der Waals surface area contributed by atoms with Crippen molar-refractivity contribution in [2.75, 3.05) is 20.2 Å². The summed E-state index contributed by atoms with van der Waals surface area (Å²) in [5.41, 5.74) is 9.01. The number of hydrogen-bond acceptors (Lipinski definition) is 31. The first-order chi connectivity index (χ1) is 60.2. The van der Waals surface area contributed by atoms with Gasteiger partial charge in [0.1, 0.15) is 120 Å². The molecule has 8 aliphatic heterocycles. The number of carbonyl (C=O) groups is 8. The number of likely N-dealkylation sites (N-methyl/N-ethyl adjacent to an activating group) is 1. The number of carboxylic acids is 1. The van der Waals surface area contributed by atoms with Crippen LogP contribution in [0.1, 0.15) is 111 Å². The fourth-order valence-corrected chi connectivity index (χ4v) is 16.2. The highest BCUT2D eigenvalue weighted by Gasteiger charge is 2.53. The van der Waals surface area contributed by atoms with Crippen molar-refractivity contribution in [2.45, 2.75) is 193 Å². The molecule has 7 aromatic rings. The van der Waals surface area contributed by atoms with Gasteiger partial charge < -0.3 is 153 Å². The third kappa shape index (κ3) is 20.4. The van der Waals surface area contributed by atoms with Crippen molar-refractivity contribution in [1.29, 1.82) is 0 Å². The zero-order chi connectivity index (χ0) is 91.8. The molecule has 23 atom stereocenters. The number of nitrogens with zero attached hydrogens (tertiary/aromatic N) is 1. The van der Waals surface area contributed by atoms with E-state index in [9.17, 15) is 84.4 Å². The molecule has 7 amide bonds. The number of halogens is 4. The number of hydrogen-bond donors (Lipinski definition) is 22. The molecule has 8 aliphatic rings. The number of phenolic OH excluding ortho intramolecular Hbond substituents is 3. The number of aliphatic hydroxyl groups excluding tert-OH is 8. The molecular weight excluding hydrogens is 1720 g/mol. The van der Waals surface area contributed by atoms with Gasteiger partial charge in [0.2, 0.25) is 53.4 Å². The number of amides is 7. The van der Waals surface area contributed by atoms with Gasteiger partial charge in [-0.3, -0.25) is 38.5 Å². The molecule has 127 heavy (non-hydrogen) atoms. The van der Waals surface area contributed by atoms with E-state index in [1.807, 2.05) is 0 Å². The van der Waals surface area contributed by atoms with Crippen LogP contribution in [0.15, 0.2) is 115 Å². The van der Waals surface area contributed by atoms with Crippen molar-refractivity contribution in [1.82, 2.24) is 47.5 Å². The Morgan fingerprint density at radius 3 is 1.94 bits per heavy atom. The van der Waals surface area contributed by atoms with E-state index in [0.29, 0.717) is 11.3 Å². The summed E-state index contributed by atoms with van der Waals surface area (Å²) in [5, 5.41) is 159. The van der Waals surface area contributed by atoms with Gasteiger partial charge in [-0.2, -0.15) is 0 Å². The lowest BCUT2D eigenvalue weighted by molar-refractivity contribution is -0.350. The number of benzene rings is 6. The van der Waals surface area contributed by atoms with E-state index < -0.39 is 296 Å². The maximum Gasteiger partial charge on any atom is 0.330 e. The number of primary amides is 1. The van der Waals surface area contributed by atoms with E-state index in [1.165, 1.54) is 45.3 Å². The average molecular weight is 1810 g/mol. The minimum atomic E-state index is -2.44. The average Bonchev–Trinajstić information content (AvgIpc) is 0.760. The van der Waals surface area contributed by atoms with E-state index in [1.54, 1.807) is 26.0 Å². The number of aromatic nitrogens is 1. The van der Waals surface area contributed by atoms with Crippen LogP contribution in [-0.4, -0.2) is 243 Å². The summed E-state index contributed by atoms with van der Waals surface area (Å²) in [6.45, 7) is 5.10. The fourth-order valence-electron chi connectivity index (χ4n) is 15.7. The summed E-state index contributed by atoms with van der Waals surface area (Å²) in [4.78, 5) is 125. The lowest BCUT2D eigenvalue weighted by Gasteiger charge is -2.46. The normalized spacial score (nSPS) is 29.5. The predicted molar refractivity (Wildman–Crippen MR) is 436 cm³/mol. The van der Waals surface area contributed by atoms with Gasteiger partial charge in [0.05, 0.1) is 47.0 Å². The van der Waals surface area contributed by atoms with Crippen LogP contribution in [0.4, 0.5) is 8.78 Å². The molecule has 3 fully saturated rings. The van der Waals surface area contributed by atoms with Gasteiger partial charge in [-0.15, -0.1) is 0 Å². The number of carbonyl (C=O) groups excluding carboxylic acids is 7. The number of pyridine rings is 1. The van der Waals surface area contributed by atoms with Gasteiger partial charge in [0.15, 0.2) is 41.8 Å². The number of rotatable bonds is 20. The van der Waals surface area contributed by atoms with Gasteiger partial charge in [-0.05, 0) is 140 Å². The smallest absolute Gasteiger partial charge is 0.330 e. The Hall–Kier alpha value is -11.2. The van der Waals surface area contributed by atoms with Gasteiger partial charge >= 0.3 is 5.97 Å². The number of nitrogens with one attached hydrogen (secondary N) is 8. The summed E-state index contributed by atoms with van der Waals surface area (Å²) in [6.07, 6.45) is -28.3. The Balaban J connectivity index is 0.957. The van der Waals surface area contributed by atoms with Crippen LogP contribution < -0.4 is 68.2 Å². The summed E-state index contributed by atoms with van der Waals surface area (Å²) in [7, 11) is 1.45. The molecule has 24 N–H and O–H groups in total. The fraction of sp³-hybridized carbons (Fsp3) is 0.417. The van der Waals surface area contributed by atoms with Crippen LogP contribution in [0.5, 0.6) is 46.0 Å². The SMILES string of the molecule is CN[C@H](CC(C)C)C(=O)NC1C(=O)N[C@H](CC(N)=O)C(=O)N[C@H]2C(=O)N[C@H]3C(=O)N[C@H](C(=O)N[C@@H](C(=O)O)c4cc(O)cc(O)c4-c4cc3ccc4O)[C@H](O[C@H]3C[C@](C)(N)[C@@H](O)[C@H](C)O3)c3ccc(c(Cl)c3)Oc3cc2cc(c3O[C@@H]2O[C@H](CO)[C@@H](O[C@@H]3O[C@H](CNCc4ccc(-c5ccc(F)c(F)c5)nc4)[C@H](O)[C@H](O)[C@H]3O)[C@H](O)[C@H]2O)Oc2ccc(cc2Cl)[C@H]1O. The van der Waals surface area contributed by atoms with Crippen LogP contribution in [0.3, 0.4) is 0 Å². The standard InChI is InChI=1S/C84H93Cl2F2N11O28/c1-31(2)16-47(91-5)75(112)98-63-65(105)36-9-14-51(42(85)18-36)121-53-21-38-22-54(72(53)126-83-70(110)68(108)73(56(30-100)124-83)127-82-69(109)67(107)66(106)55(123-82)29-92-27-33-6-12-46(93-28-33)34-7-11-44(87)45(88)20-34)122-52-15-10-37(19-43(52)86)71(125-58-26-84(4,90)74(111)32(3)120-58)64-80(117)97-62(81(118)119)41-23-39(101)24-50(103)59(41)40-17-35(8-13-49(40)102)60(77(114)99-64)96-78(115)61(38)95-76(113)48(25-57(89)104)94-79(63)116/h6-15,17-24,28,31-32,47-48,55-56,58,60-71,73-74,82-83,91-92,100-103,105-111H,16,25-27,29-30,90H2,1-5H3,(H2,89,104)(H,94,116)(H,95,113)(H,96,115)(H,97,117)(H,98,112)(H,99,114)(H,118,119)/t32-,47+,48+,55+,56+,58-,60+,61+,62+,63?,64-,65+,66-,67-,68+,69+,70+,71+,73+,74-,82-,83-,84-/m0/s1. The van der Waals surface area contributed by atoms with E-state index >= 15 is 24.0 Å². The zero-order valence-corrected chi connectivity index (χ0v) is 69.5. The molecule has 0 saturated carbocycles. The lowest BCUT2D eigenvalue weighted by Crippen LogP contribution is -2.65. The van der Waals surface area contributed by atoms with Crippen LogP contribution in [0.25, 0.3) is 22.4 Å². The minimum absolute atomic E-state index is 0.0332. The first kappa shape index (κ1) is 93.5. The molecule has 43 heteroatoms. The number of fused-ring (bicyclic) bond motifs is 15. The quantitative estimate of drug-likeness (QED) is 0.0507. The molecule has 39 nitrogen and oxygen atoms in total. The third-order valence-corrected chi connectivity index (χ3v) is 23.0. The predicted octanol–water partition coefficient (Wildman–Crippen LogP) is 1.07. The molecule has 1 aromatic heterocycles. The van der Waals surface area contributed by atoms with Crippen molar-refractivity contribution in [3.63, 3.8) is 0 Å². The van der Waals surface area contributed by atoms with Crippen LogP contribution in [0.2, 0.25) is 10.0 Å². The molecule has 9 heterocycles. The molecule has 0 aliphatic carbocycles. The zero-order valence-electron chi connectivity index (χ0n) is 68.0. The topological polar surface area (TPSA) is 614 Å². The Labute approximate surface area is 730 Å². The number of ether oxygens (including phenoxy) is 8. The van der Waals surface area contributed by atoms with Crippen molar-refractivity contribution < 1.29 is 146 Å². The Morgan fingerprint density at radius 2 is 1.31 bits per heavy atom. The Kier molecular flexibility index (Phi) is 28.6. The number of nitrogens with two attached hydrogens (primary N) is 2. The van der Waals surface area contributed by atoms with Gasteiger partial charge in [-0.25, -0.2) is 13.6 Å². The largest absolute Gasteiger partial charge is 0.508 e. The third-order valence-electron chi connectivity index (χ3n) is 22.4. The van der Waals surface area contributed by atoms with Crippen LogP contribution in [0, 0.1) is 17.6 Å². The summed E-state index contributed by atoms with van der Waals surface area (Å²) >= 11 is 14.5. The minimum Gasteiger partial charge on any atom is -0.508 e. The first-order valence-corrected chi connectivity index (χ1v) is 40.7. The summed E-state index contributed by atoms with van der Waals surface area (Å²) in [6, 6.07) is 5.13. The first-order valence-electron chi connectivity index (χ1n) is 39.9. The van der Waals surface area contributed by atoms with Crippen LogP contribution >= 0.6 is 23.2 Å².